The summed E-state index contributed by atoms with van der Waals surface area (Å²) in [5.74, 6) is 0.263. The number of fused-ring (bicyclic) bond motifs is 1. The molecule has 1 heterocycles. The molecule has 0 atom stereocenters. The van der Waals surface area contributed by atoms with Crippen LogP contribution in [-0.2, 0) is 16.1 Å². The third-order valence-electron chi connectivity index (χ3n) is 5.66. The maximum atomic E-state index is 13.4. The van der Waals surface area contributed by atoms with Gasteiger partial charge in [0.15, 0.2) is 5.16 Å². The Labute approximate surface area is 224 Å². The molecule has 4 aromatic rings. The van der Waals surface area contributed by atoms with Gasteiger partial charge in [0.1, 0.15) is 5.75 Å². The number of nitrogens with one attached hydrogen (secondary N) is 2. The second kappa shape index (κ2) is 12.9. The standard InChI is InChI=1S/C28H28N4O5S/c1-36-15-14-29-26(34)20-12-10-19(11-13-20)17-32-27(35)23-8-3-4-9-24(23)31-28(32)38-18-25(33)30-21-6-5-7-22(16-21)37-2/h3-13,16H,14-15,17-18H2,1-2H3,(H,29,34)(H,30,33). The minimum atomic E-state index is -0.235. The largest absolute Gasteiger partial charge is 0.497 e. The van der Waals surface area contributed by atoms with Gasteiger partial charge in [-0.25, -0.2) is 4.98 Å². The van der Waals surface area contributed by atoms with E-state index in [2.05, 4.69) is 15.6 Å². The zero-order valence-corrected chi connectivity index (χ0v) is 21.9. The number of aromatic nitrogens is 2. The van der Waals surface area contributed by atoms with Crippen molar-refractivity contribution in [3.8, 4) is 5.75 Å². The van der Waals surface area contributed by atoms with Crippen LogP contribution in [0.3, 0.4) is 0 Å². The molecule has 0 bridgehead atoms. The Hall–Kier alpha value is -4.15. The first-order valence-electron chi connectivity index (χ1n) is 11.9. The topological polar surface area (TPSA) is 112 Å². The normalized spacial score (nSPS) is 10.8. The lowest BCUT2D eigenvalue weighted by atomic mass is 10.1. The highest BCUT2D eigenvalue weighted by Crippen LogP contribution is 2.21. The summed E-state index contributed by atoms with van der Waals surface area (Å²) in [7, 11) is 3.14. The summed E-state index contributed by atoms with van der Waals surface area (Å²) in [4.78, 5) is 43.0. The van der Waals surface area contributed by atoms with Gasteiger partial charge in [-0.1, -0.05) is 42.1 Å². The van der Waals surface area contributed by atoms with Crippen LogP contribution < -0.4 is 20.9 Å². The Morgan fingerprint density at radius 1 is 1.00 bits per heavy atom. The van der Waals surface area contributed by atoms with Crippen LogP contribution in [0.1, 0.15) is 15.9 Å². The number of benzene rings is 3. The lowest BCUT2D eigenvalue weighted by Crippen LogP contribution is -2.27. The van der Waals surface area contributed by atoms with Crippen molar-refractivity contribution in [2.45, 2.75) is 11.7 Å². The molecule has 0 fully saturated rings. The van der Waals surface area contributed by atoms with Crippen molar-refractivity contribution in [1.29, 1.82) is 0 Å². The fourth-order valence-electron chi connectivity index (χ4n) is 3.74. The lowest BCUT2D eigenvalue weighted by Gasteiger charge is -2.14. The van der Waals surface area contributed by atoms with Gasteiger partial charge in [-0.3, -0.25) is 19.0 Å². The van der Waals surface area contributed by atoms with Crippen molar-refractivity contribution in [1.82, 2.24) is 14.9 Å². The molecule has 2 N–H and O–H groups in total. The van der Waals surface area contributed by atoms with Crippen molar-refractivity contribution in [3.05, 3.63) is 94.3 Å². The van der Waals surface area contributed by atoms with Crippen LogP contribution in [0.4, 0.5) is 5.69 Å². The van der Waals surface area contributed by atoms with Gasteiger partial charge in [-0.2, -0.15) is 0 Å². The number of carbonyl (C=O) groups excluding carboxylic acids is 2. The Morgan fingerprint density at radius 2 is 1.79 bits per heavy atom. The van der Waals surface area contributed by atoms with Gasteiger partial charge in [-0.05, 0) is 42.0 Å². The number of hydrogen-bond acceptors (Lipinski definition) is 7. The Kier molecular flexibility index (Phi) is 9.12. The van der Waals surface area contributed by atoms with Crippen molar-refractivity contribution in [2.24, 2.45) is 0 Å². The van der Waals surface area contributed by atoms with Crippen molar-refractivity contribution in [2.75, 3.05) is 38.4 Å². The predicted molar refractivity (Wildman–Crippen MR) is 148 cm³/mol. The van der Waals surface area contributed by atoms with Crippen LogP contribution in [0, 0.1) is 0 Å². The quantitative estimate of drug-likeness (QED) is 0.173. The fourth-order valence-corrected chi connectivity index (χ4v) is 4.54. The van der Waals surface area contributed by atoms with Gasteiger partial charge >= 0.3 is 0 Å². The first kappa shape index (κ1) is 26.9. The van der Waals surface area contributed by atoms with Gasteiger partial charge in [0.2, 0.25) is 5.91 Å². The number of carbonyl (C=O) groups is 2. The maximum Gasteiger partial charge on any atom is 0.262 e. The average molecular weight is 533 g/mol. The minimum absolute atomic E-state index is 0.0581. The molecule has 196 valence electrons. The molecule has 0 aliphatic carbocycles. The van der Waals surface area contributed by atoms with Crippen molar-refractivity contribution in [3.63, 3.8) is 0 Å². The molecule has 4 rings (SSSR count). The van der Waals surface area contributed by atoms with E-state index in [-0.39, 0.29) is 29.7 Å². The summed E-state index contributed by atoms with van der Waals surface area (Å²) in [6.07, 6.45) is 0. The second-order valence-electron chi connectivity index (χ2n) is 8.32. The summed E-state index contributed by atoms with van der Waals surface area (Å²) in [5, 5.41) is 6.54. The monoisotopic (exact) mass is 532 g/mol. The summed E-state index contributed by atoms with van der Waals surface area (Å²) in [6, 6.07) is 21.2. The third-order valence-corrected chi connectivity index (χ3v) is 6.64. The summed E-state index contributed by atoms with van der Waals surface area (Å²) in [5.41, 5.74) is 2.31. The highest BCUT2D eigenvalue weighted by Gasteiger charge is 2.15. The zero-order valence-electron chi connectivity index (χ0n) is 21.1. The number of hydrogen-bond donors (Lipinski definition) is 2. The molecule has 10 heteroatoms. The molecule has 0 aliphatic heterocycles. The molecule has 0 saturated heterocycles. The molecular formula is C28H28N4O5S. The highest BCUT2D eigenvalue weighted by atomic mass is 32.2. The minimum Gasteiger partial charge on any atom is -0.497 e. The van der Waals surface area contributed by atoms with Gasteiger partial charge < -0.3 is 20.1 Å². The number of anilines is 1. The number of rotatable bonds is 11. The number of nitrogens with zero attached hydrogens (tertiary/aromatic N) is 2. The summed E-state index contributed by atoms with van der Waals surface area (Å²) < 4.78 is 11.7. The Morgan fingerprint density at radius 3 is 2.55 bits per heavy atom. The van der Waals surface area contributed by atoms with Crippen LogP contribution in [0.15, 0.2) is 82.7 Å². The van der Waals surface area contributed by atoms with Crippen molar-refractivity contribution < 1.29 is 19.1 Å². The van der Waals surface area contributed by atoms with E-state index in [4.69, 9.17) is 9.47 Å². The SMILES string of the molecule is COCCNC(=O)c1ccc(Cn2c(SCC(=O)Nc3cccc(OC)c3)nc3ccccc3c2=O)cc1. The van der Waals surface area contributed by atoms with E-state index in [0.717, 1.165) is 5.56 Å². The molecule has 9 nitrogen and oxygen atoms in total. The molecule has 0 unspecified atom stereocenters. The first-order chi connectivity index (χ1) is 18.5. The first-order valence-corrected chi connectivity index (χ1v) is 12.9. The van der Waals surface area contributed by atoms with Crippen LogP contribution in [-0.4, -0.2) is 54.5 Å². The molecule has 1 aromatic heterocycles. The zero-order chi connectivity index (χ0) is 26.9. The van der Waals surface area contributed by atoms with E-state index >= 15 is 0 Å². The van der Waals surface area contributed by atoms with Crippen LogP contribution >= 0.6 is 11.8 Å². The molecule has 0 radical (unpaired) electrons. The van der Waals surface area contributed by atoms with E-state index in [0.29, 0.717) is 46.2 Å². The molecule has 0 aliphatic rings. The molecule has 0 saturated carbocycles. The number of thioether (sulfide) groups is 1. The molecular weight excluding hydrogens is 504 g/mol. The molecule has 2 amide bonds. The smallest absolute Gasteiger partial charge is 0.262 e. The number of ether oxygens (including phenoxy) is 2. The van der Waals surface area contributed by atoms with Gasteiger partial charge in [0.25, 0.3) is 11.5 Å². The van der Waals surface area contributed by atoms with E-state index < -0.39 is 0 Å². The molecule has 0 spiro atoms. The number of methoxy groups -OCH3 is 2. The van der Waals surface area contributed by atoms with E-state index in [9.17, 15) is 14.4 Å². The third kappa shape index (κ3) is 6.78. The van der Waals surface area contributed by atoms with Crippen LogP contribution in [0.25, 0.3) is 10.9 Å². The van der Waals surface area contributed by atoms with Crippen LogP contribution in [0.5, 0.6) is 5.75 Å². The molecule has 38 heavy (non-hydrogen) atoms. The van der Waals surface area contributed by atoms with Gasteiger partial charge in [0, 0.05) is 31.0 Å². The Bertz CT molecular complexity index is 1490. The van der Waals surface area contributed by atoms with E-state index in [1.807, 2.05) is 6.07 Å². The van der Waals surface area contributed by atoms with Gasteiger partial charge in [0.05, 0.1) is 36.9 Å². The predicted octanol–water partition coefficient (Wildman–Crippen LogP) is 3.56. The summed E-state index contributed by atoms with van der Waals surface area (Å²) in [6.45, 7) is 1.09. The van der Waals surface area contributed by atoms with E-state index in [1.165, 1.54) is 11.8 Å². The average Bonchev–Trinajstić information content (AvgIpc) is 2.94. The van der Waals surface area contributed by atoms with Gasteiger partial charge in [-0.15, -0.1) is 0 Å². The van der Waals surface area contributed by atoms with Crippen LogP contribution in [0.2, 0.25) is 0 Å². The highest BCUT2D eigenvalue weighted by molar-refractivity contribution is 7.99. The maximum absolute atomic E-state index is 13.4. The fraction of sp³-hybridized carbons (Fsp3) is 0.214. The number of amides is 2. The Balaban J connectivity index is 1.53. The summed E-state index contributed by atoms with van der Waals surface area (Å²) >= 11 is 1.18. The molecule has 3 aromatic carbocycles. The lowest BCUT2D eigenvalue weighted by molar-refractivity contribution is -0.113. The van der Waals surface area contributed by atoms with Crippen molar-refractivity contribution >= 4 is 40.2 Å². The second-order valence-corrected chi connectivity index (χ2v) is 9.26. The number of para-hydroxylation sites is 1. The van der Waals surface area contributed by atoms with E-state index in [1.54, 1.807) is 85.5 Å².